The van der Waals surface area contributed by atoms with E-state index in [0.717, 1.165) is 16.8 Å². The lowest BCUT2D eigenvalue weighted by molar-refractivity contribution is 0.0691. The minimum Gasteiger partial charge on any atom is -0.423 e. The second-order valence-electron chi connectivity index (χ2n) is 8.80. The van der Waals surface area contributed by atoms with Gasteiger partial charge >= 0.3 is 0 Å². The average Bonchev–Trinajstić information content (AvgIpc) is 3.46. The Bertz CT molecular complexity index is 1360. The quantitative estimate of drug-likeness (QED) is 0.369. The van der Waals surface area contributed by atoms with Crippen LogP contribution in [0.3, 0.4) is 0 Å². The zero-order valence-electron chi connectivity index (χ0n) is 19.6. The first-order valence-electron chi connectivity index (χ1n) is 11.1. The van der Waals surface area contributed by atoms with Gasteiger partial charge < -0.3 is 25.1 Å². The van der Waals surface area contributed by atoms with Crippen LogP contribution in [0.2, 0.25) is 0 Å². The number of carbonyl (C=O) groups excluding carboxylic acids is 1. The number of aromatic nitrogens is 4. The molecule has 0 radical (unpaired) electrons. The number of hydrogen-bond donors (Lipinski definition) is 3. The van der Waals surface area contributed by atoms with Crippen molar-refractivity contribution in [1.29, 1.82) is 0 Å². The van der Waals surface area contributed by atoms with Crippen LogP contribution in [-0.2, 0) is 5.54 Å². The molecule has 1 amide bonds. The normalized spacial score (nSPS) is 15.1. The van der Waals surface area contributed by atoms with Gasteiger partial charge in [-0.05, 0) is 43.2 Å². The van der Waals surface area contributed by atoms with E-state index in [1.807, 2.05) is 62.4 Å². The highest BCUT2D eigenvalue weighted by Gasteiger charge is 2.40. The molecule has 5 rings (SSSR count). The highest BCUT2D eigenvalue weighted by molar-refractivity contribution is 6.00. The van der Waals surface area contributed by atoms with E-state index in [0.29, 0.717) is 22.9 Å². The molecule has 2 aromatic carbocycles. The average molecular weight is 472 g/mol. The molecule has 0 aliphatic carbocycles. The van der Waals surface area contributed by atoms with Gasteiger partial charge in [0, 0.05) is 24.5 Å². The SMILES string of the molecule is CN1C(=O)c2ccc(Nc3ncc(-c4nnco4)c(N[C@H](CO)c4ccccc4)n3)cc2C1(C)C. The fraction of sp³-hybridized carbons (Fsp3) is 0.240. The third kappa shape index (κ3) is 4.08. The summed E-state index contributed by atoms with van der Waals surface area (Å²) >= 11 is 0. The maximum atomic E-state index is 12.6. The summed E-state index contributed by atoms with van der Waals surface area (Å²) in [5.74, 6) is 1.01. The first-order chi connectivity index (χ1) is 16.9. The van der Waals surface area contributed by atoms with Crippen LogP contribution < -0.4 is 10.6 Å². The van der Waals surface area contributed by atoms with Gasteiger partial charge in [0.15, 0.2) is 0 Å². The lowest BCUT2D eigenvalue weighted by Crippen LogP contribution is -2.35. The van der Waals surface area contributed by atoms with Crippen molar-refractivity contribution < 1.29 is 14.3 Å². The van der Waals surface area contributed by atoms with E-state index in [1.165, 1.54) is 6.39 Å². The van der Waals surface area contributed by atoms with E-state index >= 15 is 0 Å². The first-order valence-corrected chi connectivity index (χ1v) is 11.1. The summed E-state index contributed by atoms with van der Waals surface area (Å²) in [7, 11) is 1.80. The van der Waals surface area contributed by atoms with Gasteiger partial charge in [-0.25, -0.2) is 4.98 Å². The van der Waals surface area contributed by atoms with Crippen molar-refractivity contribution >= 4 is 23.4 Å². The van der Waals surface area contributed by atoms with Crippen LogP contribution >= 0.6 is 0 Å². The zero-order chi connectivity index (χ0) is 24.6. The van der Waals surface area contributed by atoms with Crippen LogP contribution in [0.5, 0.6) is 0 Å². The highest BCUT2D eigenvalue weighted by Crippen LogP contribution is 2.39. The summed E-state index contributed by atoms with van der Waals surface area (Å²) in [6.07, 6.45) is 2.82. The first kappa shape index (κ1) is 22.5. The van der Waals surface area contributed by atoms with Crippen molar-refractivity contribution in [3.8, 4) is 11.5 Å². The standard InChI is InChI=1S/C25H25N7O3/c1-25(2)19-11-16(9-10-17(19)23(34)32(25)3)28-24-26-12-18(22-31-27-14-35-22)21(30-24)29-20(13-33)15-7-5-4-6-8-15/h4-12,14,20,33H,13H2,1-3H3,(H2,26,28,29,30)/t20-/m1/s1. The number of aliphatic hydroxyl groups is 1. The number of nitrogens with zero attached hydrogens (tertiary/aromatic N) is 5. The van der Waals surface area contributed by atoms with Gasteiger partial charge in [-0.2, -0.15) is 4.98 Å². The highest BCUT2D eigenvalue weighted by atomic mass is 16.4. The number of carbonyl (C=O) groups is 1. The molecule has 0 spiro atoms. The Morgan fingerprint density at radius 1 is 1.14 bits per heavy atom. The van der Waals surface area contributed by atoms with Gasteiger partial charge in [-0.3, -0.25) is 4.79 Å². The number of rotatable bonds is 7. The fourth-order valence-corrected chi connectivity index (χ4v) is 4.14. The van der Waals surface area contributed by atoms with Crippen molar-refractivity contribution in [2.45, 2.75) is 25.4 Å². The molecule has 3 N–H and O–H groups in total. The molecular weight excluding hydrogens is 446 g/mol. The topological polar surface area (TPSA) is 129 Å². The number of fused-ring (bicyclic) bond motifs is 1. The van der Waals surface area contributed by atoms with E-state index in [-0.39, 0.29) is 18.4 Å². The molecule has 4 aromatic rings. The van der Waals surface area contributed by atoms with Gasteiger partial charge in [-0.1, -0.05) is 30.3 Å². The number of nitrogens with one attached hydrogen (secondary N) is 2. The number of aliphatic hydroxyl groups excluding tert-OH is 1. The third-order valence-corrected chi connectivity index (χ3v) is 6.38. The van der Waals surface area contributed by atoms with Crippen LogP contribution in [-0.4, -0.2) is 49.7 Å². The fourth-order valence-electron chi connectivity index (χ4n) is 4.14. The van der Waals surface area contributed by atoms with Gasteiger partial charge in [-0.15, -0.1) is 10.2 Å². The molecule has 0 bridgehead atoms. The molecule has 2 aromatic heterocycles. The predicted molar refractivity (Wildman–Crippen MR) is 130 cm³/mol. The van der Waals surface area contributed by atoms with Gasteiger partial charge in [0.2, 0.25) is 12.3 Å². The Hall–Kier alpha value is -4.31. The van der Waals surface area contributed by atoms with E-state index < -0.39 is 11.6 Å². The molecule has 10 nitrogen and oxygen atoms in total. The summed E-state index contributed by atoms with van der Waals surface area (Å²) in [6.45, 7) is 3.87. The molecule has 3 heterocycles. The van der Waals surface area contributed by atoms with Crippen molar-refractivity contribution in [3.63, 3.8) is 0 Å². The minimum absolute atomic E-state index is 0.000784. The van der Waals surface area contributed by atoms with Crippen LogP contribution in [0.25, 0.3) is 11.5 Å². The summed E-state index contributed by atoms with van der Waals surface area (Å²) in [5, 5.41) is 24.3. The minimum atomic E-state index is -0.427. The lowest BCUT2D eigenvalue weighted by atomic mass is 9.93. The van der Waals surface area contributed by atoms with Crippen LogP contribution in [0.1, 0.15) is 41.4 Å². The lowest BCUT2D eigenvalue weighted by Gasteiger charge is -2.28. The maximum absolute atomic E-state index is 12.6. The molecule has 35 heavy (non-hydrogen) atoms. The number of anilines is 3. The van der Waals surface area contributed by atoms with Crippen molar-refractivity contribution in [2.24, 2.45) is 0 Å². The van der Waals surface area contributed by atoms with Crippen molar-refractivity contribution in [3.05, 3.63) is 77.8 Å². The Labute approximate surface area is 202 Å². The van der Waals surface area contributed by atoms with Gasteiger partial charge in [0.05, 0.1) is 23.8 Å². The summed E-state index contributed by atoms with van der Waals surface area (Å²) < 4.78 is 5.37. The number of benzene rings is 2. The molecule has 1 aliphatic heterocycles. The third-order valence-electron chi connectivity index (χ3n) is 6.38. The Morgan fingerprint density at radius 2 is 1.94 bits per heavy atom. The Kier molecular flexibility index (Phi) is 5.65. The van der Waals surface area contributed by atoms with Crippen molar-refractivity contribution in [1.82, 2.24) is 25.1 Å². The number of hydrogen-bond acceptors (Lipinski definition) is 9. The van der Waals surface area contributed by atoms with E-state index in [4.69, 9.17) is 4.42 Å². The molecular formula is C25H25N7O3. The van der Waals surface area contributed by atoms with Gasteiger partial charge in [0.25, 0.3) is 11.8 Å². The molecule has 0 saturated heterocycles. The van der Waals surface area contributed by atoms with Crippen molar-refractivity contribution in [2.75, 3.05) is 24.3 Å². The molecule has 10 heteroatoms. The molecule has 178 valence electrons. The molecule has 0 unspecified atom stereocenters. The smallest absolute Gasteiger partial charge is 0.254 e. The van der Waals surface area contributed by atoms with E-state index in [2.05, 4.69) is 30.8 Å². The van der Waals surface area contributed by atoms with Crippen LogP contribution in [0, 0.1) is 0 Å². The molecule has 1 aliphatic rings. The second-order valence-corrected chi connectivity index (χ2v) is 8.80. The monoisotopic (exact) mass is 471 g/mol. The molecule has 0 saturated carbocycles. The van der Waals surface area contributed by atoms with E-state index in [9.17, 15) is 9.90 Å². The Morgan fingerprint density at radius 3 is 2.66 bits per heavy atom. The Balaban J connectivity index is 1.49. The van der Waals surface area contributed by atoms with Gasteiger partial charge in [0.1, 0.15) is 5.82 Å². The summed E-state index contributed by atoms with van der Waals surface area (Å²) in [5.41, 5.74) is 3.34. The molecule has 1 atom stereocenters. The zero-order valence-corrected chi connectivity index (χ0v) is 19.6. The predicted octanol–water partition coefficient (Wildman–Crippen LogP) is 3.74. The largest absolute Gasteiger partial charge is 0.423 e. The molecule has 0 fully saturated rings. The second kappa shape index (κ2) is 8.80. The van der Waals surface area contributed by atoms with Crippen LogP contribution in [0.4, 0.5) is 17.5 Å². The van der Waals surface area contributed by atoms with Crippen LogP contribution in [0.15, 0.2) is 65.5 Å². The summed E-state index contributed by atoms with van der Waals surface area (Å²) in [4.78, 5) is 23.4. The maximum Gasteiger partial charge on any atom is 0.254 e. The number of amides is 1. The van der Waals surface area contributed by atoms with E-state index in [1.54, 1.807) is 18.1 Å². The summed E-state index contributed by atoms with van der Waals surface area (Å²) in [6, 6.07) is 14.7.